The third kappa shape index (κ3) is 3.65. The molecule has 6 heteroatoms. The summed E-state index contributed by atoms with van der Waals surface area (Å²) in [6.07, 6.45) is 0. The van der Waals surface area contributed by atoms with Gasteiger partial charge in [-0.3, -0.25) is 9.59 Å². The van der Waals surface area contributed by atoms with Crippen molar-refractivity contribution in [2.24, 2.45) is 0 Å². The average molecular weight is 389 g/mol. The van der Waals surface area contributed by atoms with Crippen molar-refractivity contribution in [3.63, 3.8) is 0 Å². The van der Waals surface area contributed by atoms with Crippen LogP contribution >= 0.6 is 0 Å². The van der Waals surface area contributed by atoms with Crippen LogP contribution in [0.4, 0.5) is 5.69 Å². The minimum absolute atomic E-state index is 0.0951. The van der Waals surface area contributed by atoms with Crippen LogP contribution in [0.25, 0.3) is 21.9 Å². The molecule has 0 aliphatic carbocycles. The second-order valence-corrected chi connectivity index (χ2v) is 6.58. The molecule has 1 heterocycles. The number of carbonyl (C=O) groups is 1. The molecular formula is C23H19NO5. The number of hydrogen-bond acceptors (Lipinski definition) is 5. The van der Waals surface area contributed by atoms with E-state index in [4.69, 9.17) is 13.9 Å². The quantitative estimate of drug-likeness (QED) is 0.516. The summed E-state index contributed by atoms with van der Waals surface area (Å²) in [6, 6.07) is 17.5. The molecule has 1 amide bonds. The van der Waals surface area contributed by atoms with Gasteiger partial charge in [-0.15, -0.1) is 0 Å². The van der Waals surface area contributed by atoms with E-state index in [2.05, 4.69) is 5.32 Å². The molecule has 29 heavy (non-hydrogen) atoms. The summed E-state index contributed by atoms with van der Waals surface area (Å²) in [7, 11) is 1.54. The fourth-order valence-corrected chi connectivity index (χ4v) is 3.17. The van der Waals surface area contributed by atoms with Crippen molar-refractivity contribution in [3.05, 3.63) is 76.5 Å². The van der Waals surface area contributed by atoms with Crippen LogP contribution in [-0.2, 0) is 4.79 Å². The van der Waals surface area contributed by atoms with Crippen molar-refractivity contribution in [2.75, 3.05) is 19.0 Å². The highest BCUT2D eigenvalue weighted by atomic mass is 16.5. The molecule has 6 nitrogen and oxygen atoms in total. The number of aryl methyl sites for hydroxylation is 1. The first-order chi connectivity index (χ1) is 14.1. The van der Waals surface area contributed by atoms with Gasteiger partial charge in [0.25, 0.3) is 5.91 Å². The molecule has 146 valence electrons. The highest BCUT2D eigenvalue weighted by molar-refractivity contribution is 5.96. The van der Waals surface area contributed by atoms with E-state index in [1.165, 1.54) is 7.11 Å². The highest BCUT2D eigenvalue weighted by Crippen LogP contribution is 2.26. The summed E-state index contributed by atoms with van der Waals surface area (Å²) >= 11 is 0. The lowest BCUT2D eigenvalue weighted by atomic mass is 10.1. The number of carbonyl (C=O) groups excluding carboxylic acids is 1. The molecule has 0 saturated heterocycles. The smallest absolute Gasteiger partial charge is 0.262 e. The number of methoxy groups -OCH3 is 1. The number of hydrogen-bond donors (Lipinski definition) is 1. The van der Waals surface area contributed by atoms with Crippen molar-refractivity contribution >= 4 is 33.5 Å². The van der Waals surface area contributed by atoms with E-state index in [0.717, 1.165) is 5.56 Å². The van der Waals surface area contributed by atoms with Crippen LogP contribution in [0.5, 0.6) is 11.5 Å². The van der Waals surface area contributed by atoms with E-state index in [1.807, 2.05) is 25.1 Å². The summed E-state index contributed by atoms with van der Waals surface area (Å²) in [5, 5.41) is 3.76. The number of amides is 1. The Kier molecular flexibility index (Phi) is 4.91. The van der Waals surface area contributed by atoms with E-state index >= 15 is 0 Å². The molecule has 0 aliphatic rings. The van der Waals surface area contributed by atoms with Crippen LogP contribution in [0, 0.1) is 6.92 Å². The lowest BCUT2D eigenvalue weighted by Crippen LogP contribution is -2.20. The van der Waals surface area contributed by atoms with Crippen LogP contribution in [0.2, 0.25) is 0 Å². The first kappa shape index (κ1) is 18.6. The molecule has 0 bridgehead atoms. The van der Waals surface area contributed by atoms with Gasteiger partial charge in [0.1, 0.15) is 11.2 Å². The monoisotopic (exact) mass is 389 g/mol. The van der Waals surface area contributed by atoms with Gasteiger partial charge in [-0.1, -0.05) is 24.3 Å². The Morgan fingerprint density at radius 2 is 1.79 bits per heavy atom. The van der Waals surface area contributed by atoms with Crippen molar-refractivity contribution in [3.8, 4) is 11.5 Å². The van der Waals surface area contributed by atoms with Crippen molar-refractivity contribution in [1.29, 1.82) is 0 Å². The molecule has 0 atom stereocenters. The van der Waals surface area contributed by atoms with Crippen molar-refractivity contribution in [1.82, 2.24) is 0 Å². The van der Waals surface area contributed by atoms with Crippen LogP contribution in [0.1, 0.15) is 5.56 Å². The number of para-hydroxylation sites is 3. The molecule has 3 aromatic carbocycles. The summed E-state index contributed by atoms with van der Waals surface area (Å²) in [6.45, 7) is 1.71. The SMILES string of the molecule is COc1ccccc1OCC(=O)Nc1ccc2c(=O)c3cccc(C)c3oc2c1. The normalized spacial score (nSPS) is 10.8. The predicted octanol–water partition coefficient (Wildman–Crippen LogP) is 4.28. The maximum atomic E-state index is 12.7. The summed E-state index contributed by atoms with van der Waals surface area (Å²) in [5.74, 6) is 0.696. The number of nitrogens with one attached hydrogen (secondary N) is 1. The maximum absolute atomic E-state index is 12.7. The first-order valence-electron chi connectivity index (χ1n) is 9.08. The Balaban J connectivity index is 1.56. The van der Waals surface area contributed by atoms with E-state index in [9.17, 15) is 9.59 Å². The van der Waals surface area contributed by atoms with E-state index < -0.39 is 0 Å². The Bertz CT molecular complexity index is 1280. The zero-order chi connectivity index (χ0) is 20.4. The second-order valence-electron chi connectivity index (χ2n) is 6.58. The largest absolute Gasteiger partial charge is 0.493 e. The number of fused-ring (bicyclic) bond motifs is 2. The molecule has 1 N–H and O–H groups in total. The summed E-state index contributed by atoms with van der Waals surface area (Å²) < 4.78 is 16.7. The molecule has 0 spiro atoms. The van der Waals surface area contributed by atoms with Crippen LogP contribution < -0.4 is 20.2 Å². The van der Waals surface area contributed by atoms with E-state index in [-0.39, 0.29) is 17.9 Å². The molecule has 0 unspecified atom stereocenters. The minimum atomic E-state index is -0.338. The molecule has 4 aromatic rings. The number of benzene rings is 3. The van der Waals surface area contributed by atoms with Crippen LogP contribution in [-0.4, -0.2) is 19.6 Å². The highest BCUT2D eigenvalue weighted by Gasteiger charge is 2.12. The minimum Gasteiger partial charge on any atom is -0.493 e. The number of rotatable bonds is 5. The standard InChI is InChI=1S/C23H19NO5/c1-14-6-5-7-17-22(26)16-11-10-15(12-20(16)29-23(14)17)24-21(25)13-28-19-9-4-3-8-18(19)27-2/h3-12H,13H2,1-2H3,(H,24,25). The average Bonchev–Trinajstić information content (AvgIpc) is 2.73. The van der Waals surface area contributed by atoms with E-state index in [1.54, 1.807) is 42.5 Å². The fraction of sp³-hybridized carbons (Fsp3) is 0.130. The molecule has 0 radical (unpaired) electrons. The molecule has 0 saturated carbocycles. The van der Waals surface area contributed by atoms with Gasteiger partial charge >= 0.3 is 0 Å². The third-order valence-electron chi connectivity index (χ3n) is 4.61. The van der Waals surface area contributed by atoms with Gasteiger partial charge in [0.2, 0.25) is 5.43 Å². The zero-order valence-corrected chi connectivity index (χ0v) is 16.0. The third-order valence-corrected chi connectivity index (χ3v) is 4.61. The topological polar surface area (TPSA) is 77.8 Å². The molecule has 0 fully saturated rings. The Labute approximate surface area is 166 Å². The lowest BCUT2D eigenvalue weighted by Gasteiger charge is -2.11. The Hall–Kier alpha value is -3.80. The van der Waals surface area contributed by atoms with Crippen molar-refractivity contribution in [2.45, 2.75) is 6.92 Å². The molecule has 1 aromatic heterocycles. The van der Waals surface area contributed by atoms with Gasteiger partial charge in [0.15, 0.2) is 18.1 Å². The summed E-state index contributed by atoms with van der Waals surface area (Å²) in [5.41, 5.74) is 2.26. The predicted molar refractivity (Wildman–Crippen MR) is 112 cm³/mol. The number of anilines is 1. The van der Waals surface area contributed by atoms with Gasteiger partial charge < -0.3 is 19.2 Å². The van der Waals surface area contributed by atoms with Gasteiger partial charge in [-0.2, -0.15) is 0 Å². The molecular weight excluding hydrogens is 370 g/mol. The van der Waals surface area contributed by atoms with Crippen molar-refractivity contribution < 1.29 is 18.7 Å². The van der Waals surface area contributed by atoms with Crippen LogP contribution in [0.15, 0.2) is 69.9 Å². The van der Waals surface area contributed by atoms with Gasteiger partial charge in [-0.25, -0.2) is 0 Å². The second kappa shape index (κ2) is 7.67. The van der Waals surface area contributed by atoms with Gasteiger partial charge in [0, 0.05) is 11.8 Å². The maximum Gasteiger partial charge on any atom is 0.262 e. The Morgan fingerprint density at radius 1 is 1.00 bits per heavy atom. The van der Waals surface area contributed by atoms with E-state index in [0.29, 0.717) is 39.1 Å². The fourth-order valence-electron chi connectivity index (χ4n) is 3.17. The van der Waals surface area contributed by atoms with Gasteiger partial charge in [0.05, 0.1) is 17.9 Å². The Morgan fingerprint density at radius 3 is 2.59 bits per heavy atom. The summed E-state index contributed by atoms with van der Waals surface area (Å²) in [4.78, 5) is 25.0. The zero-order valence-electron chi connectivity index (χ0n) is 16.0. The lowest BCUT2D eigenvalue weighted by molar-refractivity contribution is -0.118. The molecule has 0 aliphatic heterocycles. The van der Waals surface area contributed by atoms with Gasteiger partial charge in [-0.05, 0) is 42.8 Å². The first-order valence-corrected chi connectivity index (χ1v) is 9.08. The number of ether oxygens (including phenoxy) is 2. The molecule has 4 rings (SSSR count). The van der Waals surface area contributed by atoms with Crippen LogP contribution in [0.3, 0.4) is 0 Å².